The van der Waals surface area contributed by atoms with Gasteiger partial charge in [0.2, 0.25) is 15.9 Å². The number of aromatic nitrogens is 1. The Morgan fingerprint density at radius 1 is 1.19 bits per heavy atom. The molecule has 2 aromatic rings. The van der Waals surface area contributed by atoms with E-state index in [0.717, 1.165) is 5.39 Å². The standard InChI is InChI=1S/C14H15N3O3S/c18-14-5-8-17(9-7-16-14)21(19,20)13-3-1-2-11-10-15-6-4-12(11)13/h1-4,6,10H,5,7-9H2,(H,16,18). The first kappa shape index (κ1) is 14.0. The average molecular weight is 305 g/mol. The average Bonchev–Trinajstić information content (AvgIpc) is 2.72. The molecule has 0 aliphatic carbocycles. The van der Waals surface area contributed by atoms with Crippen LogP contribution in [0.15, 0.2) is 41.6 Å². The van der Waals surface area contributed by atoms with Crippen LogP contribution in [0.2, 0.25) is 0 Å². The zero-order valence-corrected chi connectivity index (χ0v) is 12.1. The largest absolute Gasteiger partial charge is 0.355 e. The van der Waals surface area contributed by atoms with Gasteiger partial charge in [0, 0.05) is 49.2 Å². The van der Waals surface area contributed by atoms with Crippen molar-refractivity contribution in [3.05, 3.63) is 36.7 Å². The molecule has 21 heavy (non-hydrogen) atoms. The molecule has 1 saturated heterocycles. The number of carbonyl (C=O) groups excluding carboxylic acids is 1. The van der Waals surface area contributed by atoms with Crippen molar-refractivity contribution in [3.8, 4) is 0 Å². The van der Waals surface area contributed by atoms with Gasteiger partial charge < -0.3 is 5.32 Å². The Morgan fingerprint density at radius 3 is 2.90 bits per heavy atom. The summed E-state index contributed by atoms with van der Waals surface area (Å²) >= 11 is 0. The molecule has 0 unspecified atom stereocenters. The lowest BCUT2D eigenvalue weighted by Gasteiger charge is -2.20. The van der Waals surface area contributed by atoms with Crippen LogP contribution in [0, 0.1) is 0 Å². The van der Waals surface area contributed by atoms with E-state index in [-0.39, 0.29) is 30.3 Å². The van der Waals surface area contributed by atoms with Crippen molar-refractivity contribution < 1.29 is 13.2 Å². The van der Waals surface area contributed by atoms with Gasteiger partial charge in [-0.25, -0.2) is 8.42 Å². The molecule has 1 aliphatic rings. The Hall–Kier alpha value is -1.99. The summed E-state index contributed by atoms with van der Waals surface area (Å²) in [6.45, 7) is 0.829. The predicted molar refractivity (Wildman–Crippen MR) is 78.1 cm³/mol. The number of nitrogens with one attached hydrogen (secondary N) is 1. The molecule has 6 nitrogen and oxygen atoms in total. The molecule has 1 N–H and O–H groups in total. The third-order valence-electron chi connectivity index (χ3n) is 3.53. The topological polar surface area (TPSA) is 79.4 Å². The maximum Gasteiger partial charge on any atom is 0.243 e. The number of fused-ring (bicyclic) bond motifs is 1. The SMILES string of the molecule is O=C1CCN(S(=O)(=O)c2cccc3cnccc23)CCN1. The minimum absolute atomic E-state index is 0.116. The molecule has 1 aromatic carbocycles. The number of pyridine rings is 1. The summed E-state index contributed by atoms with van der Waals surface area (Å²) in [5, 5.41) is 4.11. The minimum Gasteiger partial charge on any atom is -0.355 e. The third-order valence-corrected chi connectivity index (χ3v) is 5.49. The van der Waals surface area contributed by atoms with Crippen LogP contribution in [0.25, 0.3) is 10.8 Å². The fraction of sp³-hybridized carbons (Fsp3) is 0.286. The van der Waals surface area contributed by atoms with E-state index in [1.54, 1.807) is 30.6 Å². The first-order valence-corrected chi connectivity index (χ1v) is 8.12. The number of sulfonamides is 1. The fourth-order valence-corrected chi connectivity index (χ4v) is 4.10. The molecule has 2 heterocycles. The van der Waals surface area contributed by atoms with Crippen molar-refractivity contribution in [1.82, 2.24) is 14.6 Å². The van der Waals surface area contributed by atoms with Gasteiger partial charge in [-0.2, -0.15) is 4.31 Å². The van der Waals surface area contributed by atoms with E-state index in [9.17, 15) is 13.2 Å². The van der Waals surface area contributed by atoms with Crippen molar-refractivity contribution in [1.29, 1.82) is 0 Å². The zero-order chi connectivity index (χ0) is 14.9. The highest BCUT2D eigenvalue weighted by molar-refractivity contribution is 7.89. The van der Waals surface area contributed by atoms with Gasteiger partial charge in [0.1, 0.15) is 0 Å². The normalized spacial score (nSPS) is 17.4. The number of nitrogens with zero attached hydrogens (tertiary/aromatic N) is 2. The van der Waals surface area contributed by atoms with Gasteiger partial charge >= 0.3 is 0 Å². The second kappa shape index (κ2) is 5.42. The summed E-state index contributed by atoms with van der Waals surface area (Å²) in [7, 11) is -3.62. The monoisotopic (exact) mass is 305 g/mol. The quantitative estimate of drug-likeness (QED) is 0.888. The highest BCUT2D eigenvalue weighted by Gasteiger charge is 2.28. The fourth-order valence-electron chi connectivity index (χ4n) is 2.44. The molecule has 1 aromatic heterocycles. The summed E-state index contributed by atoms with van der Waals surface area (Å²) in [6.07, 6.45) is 3.41. The molecule has 0 bridgehead atoms. The van der Waals surface area contributed by atoms with Crippen LogP contribution in [-0.2, 0) is 14.8 Å². The summed E-state index contributed by atoms with van der Waals surface area (Å²) in [5.41, 5.74) is 0. The van der Waals surface area contributed by atoms with Crippen LogP contribution in [0.5, 0.6) is 0 Å². The van der Waals surface area contributed by atoms with E-state index in [1.165, 1.54) is 4.31 Å². The lowest BCUT2D eigenvalue weighted by molar-refractivity contribution is -0.120. The zero-order valence-electron chi connectivity index (χ0n) is 11.3. The van der Waals surface area contributed by atoms with Crippen molar-refractivity contribution in [2.24, 2.45) is 0 Å². The summed E-state index contributed by atoms with van der Waals surface area (Å²) in [6, 6.07) is 6.83. The smallest absolute Gasteiger partial charge is 0.243 e. The predicted octanol–water partition coefficient (Wildman–Crippen LogP) is 0.745. The molecule has 1 amide bonds. The molecule has 1 aliphatic heterocycles. The van der Waals surface area contributed by atoms with Crippen LogP contribution in [0.4, 0.5) is 0 Å². The van der Waals surface area contributed by atoms with Crippen LogP contribution >= 0.6 is 0 Å². The summed E-state index contributed by atoms with van der Waals surface area (Å²) in [5.74, 6) is -0.116. The maximum absolute atomic E-state index is 12.8. The van der Waals surface area contributed by atoms with Gasteiger partial charge in [-0.05, 0) is 12.1 Å². The van der Waals surface area contributed by atoms with E-state index >= 15 is 0 Å². The van der Waals surface area contributed by atoms with Crippen LogP contribution in [0.1, 0.15) is 6.42 Å². The molecule has 1 fully saturated rings. The van der Waals surface area contributed by atoms with Gasteiger partial charge in [-0.1, -0.05) is 12.1 Å². The van der Waals surface area contributed by atoms with E-state index in [1.807, 2.05) is 6.07 Å². The highest BCUT2D eigenvalue weighted by Crippen LogP contribution is 2.25. The Balaban J connectivity index is 2.06. The first-order valence-electron chi connectivity index (χ1n) is 6.68. The maximum atomic E-state index is 12.8. The van der Waals surface area contributed by atoms with Crippen molar-refractivity contribution in [2.75, 3.05) is 19.6 Å². The second-order valence-corrected chi connectivity index (χ2v) is 6.76. The number of rotatable bonds is 2. The lowest BCUT2D eigenvalue weighted by Crippen LogP contribution is -2.34. The molecule has 0 atom stereocenters. The molecule has 3 rings (SSSR count). The molecule has 110 valence electrons. The molecule has 0 saturated carbocycles. The van der Waals surface area contributed by atoms with Crippen LogP contribution in [0.3, 0.4) is 0 Å². The Kier molecular flexibility index (Phi) is 3.60. The summed E-state index contributed by atoms with van der Waals surface area (Å²) in [4.78, 5) is 15.6. The summed E-state index contributed by atoms with van der Waals surface area (Å²) < 4.78 is 27.0. The Bertz CT molecular complexity index is 784. The van der Waals surface area contributed by atoms with Gasteiger partial charge in [0.05, 0.1) is 4.90 Å². The van der Waals surface area contributed by atoms with Crippen molar-refractivity contribution >= 4 is 26.7 Å². The van der Waals surface area contributed by atoms with Gasteiger partial charge in [0.25, 0.3) is 0 Å². The van der Waals surface area contributed by atoms with Crippen LogP contribution in [-0.4, -0.2) is 43.2 Å². The van der Waals surface area contributed by atoms with Gasteiger partial charge in [-0.15, -0.1) is 0 Å². The number of hydrogen-bond donors (Lipinski definition) is 1. The van der Waals surface area contributed by atoms with Crippen molar-refractivity contribution in [3.63, 3.8) is 0 Å². The second-order valence-electron chi connectivity index (χ2n) is 4.86. The Labute approximate surface area is 122 Å². The minimum atomic E-state index is -3.62. The van der Waals surface area contributed by atoms with Crippen molar-refractivity contribution in [2.45, 2.75) is 11.3 Å². The molecular formula is C14H15N3O3S. The molecular weight excluding hydrogens is 290 g/mol. The number of hydrogen-bond acceptors (Lipinski definition) is 4. The molecule has 0 spiro atoms. The van der Waals surface area contributed by atoms with E-state index in [4.69, 9.17) is 0 Å². The van der Waals surface area contributed by atoms with Gasteiger partial charge in [-0.3, -0.25) is 9.78 Å². The molecule has 0 radical (unpaired) electrons. The Morgan fingerprint density at radius 2 is 2.05 bits per heavy atom. The third kappa shape index (κ3) is 2.62. The molecule has 7 heteroatoms. The number of carbonyl (C=O) groups is 1. The number of benzene rings is 1. The highest BCUT2D eigenvalue weighted by atomic mass is 32.2. The van der Waals surface area contributed by atoms with E-state index in [0.29, 0.717) is 11.9 Å². The van der Waals surface area contributed by atoms with E-state index in [2.05, 4.69) is 10.3 Å². The first-order chi connectivity index (χ1) is 10.1. The lowest BCUT2D eigenvalue weighted by atomic mass is 10.2. The number of amides is 1. The van der Waals surface area contributed by atoms with Gasteiger partial charge in [0.15, 0.2) is 0 Å². The van der Waals surface area contributed by atoms with E-state index < -0.39 is 10.0 Å². The van der Waals surface area contributed by atoms with Crippen LogP contribution < -0.4 is 5.32 Å².